The summed E-state index contributed by atoms with van der Waals surface area (Å²) in [5.41, 5.74) is 2.40. The molecule has 1 N–H and O–H groups in total. The molecule has 1 aromatic rings. The summed E-state index contributed by atoms with van der Waals surface area (Å²) < 4.78 is 7.02. The van der Waals surface area contributed by atoms with Crippen molar-refractivity contribution in [3.8, 4) is 17.6 Å². The average Bonchev–Trinajstić information content (AvgIpc) is 3.18. The Morgan fingerprint density at radius 1 is 1.42 bits per heavy atom. The van der Waals surface area contributed by atoms with Crippen LogP contribution in [0.5, 0.6) is 5.75 Å². The molecule has 2 rings (SSSR count). The Hall–Kier alpha value is -0.980. The third-order valence-corrected chi connectivity index (χ3v) is 3.58. The van der Waals surface area contributed by atoms with Gasteiger partial charge in [-0.1, -0.05) is 15.9 Å². The topological polar surface area (TPSA) is 21.3 Å². The molecule has 0 aliphatic heterocycles. The highest BCUT2D eigenvalue weighted by molar-refractivity contribution is 9.10. The van der Waals surface area contributed by atoms with Gasteiger partial charge in [-0.3, -0.25) is 0 Å². The van der Waals surface area contributed by atoms with Gasteiger partial charge in [0.25, 0.3) is 0 Å². The summed E-state index contributed by atoms with van der Waals surface area (Å²) in [6.07, 6.45) is 3.38. The summed E-state index contributed by atoms with van der Waals surface area (Å²) in [6, 6.07) is 4.95. The van der Waals surface area contributed by atoms with Crippen LogP contribution in [0.3, 0.4) is 0 Å². The van der Waals surface area contributed by atoms with E-state index in [1.165, 1.54) is 24.0 Å². The van der Waals surface area contributed by atoms with Gasteiger partial charge in [-0.05, 0) is 44.4 Å². The number of hydrogen-bond acceptors (Lipinski definition) is 2. The molecule has 0 amide bonds. The van der Waals surface area contributed by atoms with Crippen molar-refractivity contribution in [3.63, 3.8) is 0 Å². The van der Waals surface area contributed by atoms with Crippen molar-refractivity contribution in [1.82, 2.24) is 5.32 Å². The van der Waals surface area contributed by atoms with Gasteiger partial charge < -0.3 is 10.1 Å². The molecule has 0 bridgehead atoms. The van der Waals surface area contributed by atoms with Gasteiger partial charge in [-0.15, -0.1) is 11.8 Å². The second-order valence-corrected chi connectivity index (χ2v) is 5.81. The number of aryl methyl sites for hydroxylation is 1. The highest BCUT2D eigenvalue weighted by Crippen LogP contribution is 2.29. The van der Waals surface area contributed by atoms with Crippen LogP contribution < -0.4 is 10.1 Å². The molecule has 0 heterocycles. The van der Waals surface area contributed by atoms with Crippen molar-refractivity contribution in [2.45, 2.75) is 45.7 Å². The first-order chi connectivity index (χ1) is 9.20. The van der Waals surface area contributed by atoms with Crippen molar-refractivity contribution >= 4 is 15.9 Å². The molecular formula is C16H20BrNO. The minimum Gasteiger partial charge on any atom is -0.492 e. The molecule has 0 saturated heterocycles. The number of nitrogens with one attached hydrogen (secondary N) is 1. The van der Waals surface area contributed by atoms with E-state index in [-0.39, 0.29) is 0 Å². The zero-order valence-corrected chi connectivity index (χ0v) is 13.1. The SMILES string of the molecule is CC#CCCOc1c(C)cc(Br)cc1CNC1CC1. The molecule has 1 aromatic carbocycles. The molecule has 0 unspecified atom stereocenters. The standard InChI is InChI=1S/C16H20BrNO/c1-3-4-5-8-19-16-12(2)9-14(17)10-13(16)11-18-15-6-7-15/h9-10,15,18H,5-8,11H2,1-2H3. The van der Waals surface area contributed by atoms with Crippen molar-refractivity contribution in [2.24, 2.45) is 0 Å². The fraction of sp³-hybridized carbons (Fsp3) is 0.500. The maximum atomic E-state index is 5.91. The van der Waals surface area contributed by atoms with E-state index in [9.17, 15) is 0 Å². The molecule has 1 fully saturated rings. The Balaban J connectivity index is 2.05. The van der Waals surface area contributed by atoms with E-state index in [1.54, 1.807) is 0 Å². The van der Waals surface area contributed by atoms with E-state index in [4.69, 9.17) is 4.74 Å². The molecule has 102 valence electrons. The van der Waals surface area contributed by atoms with Gasteiger partial charge in [0.2, 0.25) is 0 Å². The highest BCUT2D eigenvalue weighted by atomic mass is 79.9. The molecule has 19 heavy (non-hydrogen) atoms. The van der Waals surface area contributed by atoms with Gasteiger partial charge in [-0.25, -0.2) is 0 Å². The lowest BCUT2D eigenvalue weighted by molar-refractivity contribution is 0.320. The molecule has 2 nitrogen and oxygen atoms in total. The highest BCUT2D eigenvalue weighted by Gasteiger charge is 2.21. The lowest BCUT2D eigenvalue weighted by Crippen LogP contribution is -2.16. The Labute approximate surface area is 124 Å². The quantitative estimate of drug-likeness (QED) is 0.635. The molecule has 0 atom stereocenters. The molecule has 0 aromatic heterocycles. The van der Waals surface area contributed by atoms with Gasteiger partial charge in [0, 0.05) is 29.0 Å². The normalized spacial score (nSPS) is 13.8. The van der Waals surface area contributed by atoms with Crippen LogP contribution in [0.15, 0.2) is 16.6 Å². The fourth-order valence-corrected chi connectivity index (χ4v) is 2.63. The third kappa shape index (κ3) is 4.56. The van der Waals surface area contributed by atoms with E-state index in [1.807, 2.05) is 6.92 Å². The zero-order chi connectivity index (χ0) is 13.7. The summed E-state index contributed by atoms with van der Waals surface area (Å²) in [7, 11) is 0. The summed E-state index contributed by atoms with van der Waals surface area (Å²) in [6.45, 7) is 5.47. The van der Waals surface area contributed by atoms with E-state index in [0.717, 1.165) is 23.2 Å². The maximum Gasteiger partial charge on any atom is 0.126 e. The largest absolute Gasteiger partial charge is 0.492 e. The second kappa shape index (κ2) is 6.98. The van der Waals surface area contributed by atoms with Crippen LogP contribution in [-0.2, 0) is 6.54 Å². The number of rotatable bonds is 6. The number of halogens is 1. The summed E-state index contributed by atoms with van der Waals surface area (Å²) in [5.74, 6) is 6.93. The number of benzene rings is 1. The van der Waals surface area contributed by atoms with Crippen molar-refractivity contribution < 1.29 is 4.74 Å². The minimum atomic E-state index is 0.653. The molecule has 0 radical (unpaired) electrons. The first kappa shape index (κ1) is 14.4. The van der Waals surface area contributed by atoms with Crippen LogP contribution in [0.25, 0.3) is 0 Å². The average molecular weight is 322 g/mol. The van der Waals surface area contributed by atoms with Gasteiger partial charge in [0.1, 0.15) is 5.75 Å². The van der Waals surface area contributed by atoms with Gasteiger partial charge in [-0.2, -0.15) is 0 Å². The lowest BCUT2D eigenvalue weighted by atomic mass is 10.1. The summed E-state index contributed by atoms with van der Waals surface area (Å²) in [5, 5.41) is 3.54. The Kier molecular flexibility index (Phi) is 5.30. The van der Waals surface area contributed by atoms with Crippen LogP contribution in [0.4, 0.5) is 0 Å². The van der Waals surface area contributed by atoms with Crippen LogP contribution >= 0.6 is 15.9 Å². The zero-order valence-electron chi connectivity index (χ0n) is 11.6. The van der Waals surface area contributed by atoms with Crippen LogP contribution in [0.1, 0.15) is 37.3 Å². The first-order valence-electron chi connectivity index (χ1n) is 6.75. The van der Waals surface area contributed by atoms with Crippen molar-refractivity contribution in [2.75, 3.05) is 6.61 Å². The minimum absolute atomic E-state index is 0.653. The summed E-state index contributed by atoms with van der Waals surface area (Å²) >= 11 is 3.56. The van der Waals surface area contributed by atoms with E-state index >= 15 is 0 Å². The van der Waals surface area contributed by atoms with Gasteiger partial charge >= 0.3 is 0 Å². The number of ether oxygens (including phenoxy) is 1. The molecule has 1 aliphatic carbocycles. The smallest absolute Gasteiger partial charge is 0.126 e. The molecule has 3 heteroatoms. The Bertz CT molecular complexity index is 497. The summed E-state index contributed by atoms with van der Waals surface area (Å²) in [4.78, 5) is 0. The molecule has 1 saturated carbocycles. The van der Waals surface area contributed by atoms with Gasteiger partial charge in [0.05, 0.1) is 6.61 Å². The maximum absolute atomic E-state index is 5.91. The predicted octanol–water partition coefficient (Wildman–Crippen LogP) is 3.80. The van der Waals surface area contributed by atoms with Crippen LogP contribution in [0.2, 0.25) is 0 Å². The van der Waals surface area contributed by atoms with Gasteiger partial charge in [0.15, 0.2) is 0 Å². The van der Waals surface area contributed by atoms with Crippen LogP contribution in [0, 0.1) is 18.8 Å². The van der Waals surface area contributed by atoms with E-state index < -0.39 is 0 Å². The monoisotopic (exact) mass is 321 g/mol. The van der Waals surface area contributed by atoms with E-state index in [2.05, 4.69) is 52.1 Å². The number of hydrogen-bond donors (Lipinski definition) is 1. The second-order valence-electron chi connectivity index (χ2n) is 4.89. The van der Waals surface area contributed by atoms with Crippen molar-refractivity contribution in [1.29, 1.82) is 0 Å². The van der Waals surface area contributed by atoms with E-state index in [0.29, 0.717) is 12.6 Å². The van der Waals surface area contributed by atoms with Crippen LogP contribution in [-0.4, -0.2) is 12.6 Å². The molecular weight excluding hydrogens is 302 g/mol. The Morgan fingerprint density at radius 3 is 2.89 bits per heavy atom. The fourth-order valence-electron chi connectivity index (χ4n) is 2.01. The predicted molar refractivity (Wildman–Crippen MR) is 82.3 cm³/mol. The Morgan fingerprint density at radius 2 is 2.21 bits per heavy atom. The molecule has 1 aliphatic rings. The first-order valence-corrected chi connectivity index (χ1v) is 7.55. The third-order valence-electron chi connectivity index (χ3n) is 3.13. The lowest BCUT2D eigenvalue weighted by Gasteiger charge is -2.15. The molecule has 0 spiro atoms. The van der Waals surface area contributed by atoms with Crippen molar-refractivity contribution in [3.05, 3.63) is 27.7 Å².